The van der Waals surface area contributed by atoms with Crippen molar-refractivity contribution in [3.63, 3.8) is 0 Å². The molecule has 2 aliphatic carbocycles. The molecule has 0 spiro atoms. The average molecular weight is 471 g/mol. The Kier molecular flexibility index (Phi) is 10.7. The molecular weight excluding hydrogens is 416 g/mol. The van der Waals surface area contributed by atoms with Crippen molar-refractivity contribution in [3.05, 3.63) is 33.9 Å². The molecule has 3 atom stereocenters. The molecule has 0 aromatic carbocycles. The van der Waals surface area contributed by atoms with Gasteiger partial charge in [0.05, 0.1) is 6.61 Å². The Hall–Kier alpha value is -1.31. The van der Waals surface area contributed by atoms with Crippen molar-refractivity contribution in [1.82, 2.24) is 0 Å². The van der Waals surface area contributed by atoms with E-state index < -0.39 is 0 Å². The van der Waals surface area contributed by atoms with Crippen molar-refractivity contribution in [1.29, 1.82) is 0 Å². The quantitative estimate of drug-likeness (QED) is 0.171. The van der Waals surface area contributed by atoms with Gasteiger partial charge in [0.25, 0.3) is 0 Å². The minimum atomic E-state index is -0.174. The standard InChI is InChI=1S/C32H54O2/c1-23(2)28(25(4)13-11-21-34-27(6)33)16-15-24(3)12-10-14-29-26(5)17-18-32(9)20-19-31(7,8)22-30(29)32/h12,25,30H,10-11,13-22H2,1-9H3. The van der Waals surface area contributed by atoms with Gasteiger partial charge in [0.1, 0.15) is 0 Å². The SMILES string of the molecule is CC(=O)OCCCC(C)C(CCC(C)=CCCC1=C(C)CCC2(C)CCC(C)(C)CC12)=C(C)C. The first-order valence-electron chi connectivity index (χ1n) is 14.0. The summed E-state index contributed by atoms with van der Waals surface area (Å²) in [7, 11) is 0. The molecular formula is C32H54O2. The van der Waals surface area contributed by atoms with Gasteiger partial charge < -0.3 is 4.74 Å². The highest BCUT2D eigenvalue weighted by atomic mass is 16.5. The average Bonchev–Trinajstić information content (AvgIpc) is 2.74. The lowest BCUT2D eigenvalue weighted by atomic mass is 9.53. The molecule has 0 N–H and O–H groups in total. The van der Waals surface area contributed by atoms with Crippen molar-refractivity contribution in [2.45, 2.75) is 133 Å². The molecule has 0 aromatic heterocycles. The smallest absolute Gasteiger partial charge is 0.302 e. The molecule has 1 fully saturated rings. The molecule has 0 saturated heterocycles. The normalized spacial score (nSPS) is 25.6. The van der Waals surface area contributed by atoms with Crippen LogP contribution in [0.15, 0.2) is 33.9 Å². The molecule has 0 radical (unpaired) electrons. The van der Waals surface area contributed by atoms with Gasteiger partial charge in [-0.25, -0.2) is 0 Å². The van der Waals surface area contributed by atoms with Gasteiger partial charge in [-0.2, -0.15) is 0 Å². The highest BCUT2D eigenvalue weighted by Crippen LogP contribution is 2.57. The Balaban J connectivity index is 1.90. The van der Waals surface area contributed by atoms with E-state index in [2.05, 4.69) is 61.5 Å². The summed E-state index contributed by atoms with van der Waals surface area (Å²) in [5.41, 5.74) is 9.10. The van der Waals surface area contributed by atoms with Crippen LogP contribution in [-0.2, 0) is 9.53 Å². The van der Waals surface area contributed by atoms with Gasteiger partial charge in [-0.1, -0.05) is 61.6 Å². The third-order valence-electron chi connectivity index (χ3n) is 9.03. The van der Waals surface area contributed by atoms with Gasteiger partial charge in [-0.05, 0) is 121 Å². The predicted molar refractivity (Wildman–Crippen MR) is 147 cm³/mol. The van der Waals surface area contributed by atoms with E-state index >= 15 is 0 Å². The Labute approximate surface area is 211 Å². The fourth-order valence-electron chi connectivity index (χ4n) is 6.54. The molecule has 194 valence electrons. The van der Waals surface area contributed by atoms with Crippen LogP contribution >= 0.6 is 0 Å². The zero-order valence-corrected chi connectivity index (χ0v) is 24.0. The first-order chi connectivity index (χ1) is 15.8. The maximum atomic E-state index is 11.0. The molecule has 0 aliphatic heterocycles. The topological polar surface area (TPSA) is 26.3 Å². The van der Waals surface area contributed by atoms with E-state index in [0.717, 1.165) is 31.6 Å². The van der Waals surface area contributed by atoms with E-state index in [4.69, 9.17) is 4.74 Å². The fourth-order valence-corrected chi connectivity index (χ4v) is 6.54. The van der Waals surface area contributed by atoms with Crippen LogP contribution < -0.4 is 0 Å². The molecule has 2 nitrogen and oxygen atoms in total. The molecule has 0 aromatic rings. The first kappa shape index (κ1) is 28.9. The molecule has 2 rings (SSSR count). The van der Waals surface area contributed by atoms with Crippen LogP contribution in [0.3, 0.4) is 0 Å². The minimum Gasteiger partial charge on any atom is -0.466 e. The van der Waals surface area contributed by atoms with Crippen LogP contribution in [0.4, 0.5) is 0 Å². The number of allylic oxidation sites excluding steroid dienone is 6. The van der Waals surface area contributed by atoms with Crippen LogP contribution in [0, 0.1) is 22.7 Å². The Morgan fingerprint density at radius 1 is 1.09 bits per heavy atom. The number of hydrogen-bond acceptors (Lipinski definition) is 2. The summed E-state index contributed by atoms with van der Waals surface area (Å²) in [6.45, 7) is 21.1. The molecule has 3 unspecified atom stereocenters. The predicted octanol–water partition coefficient (Wildman–Crippen LogP) is 9.75. The molecule has 0 bridgehead atoms. The largest absolute Gasteiger partial charge is 0.466 e. The van der Waals surface area contributed by atoms with Crippen molar-refractivity contribution in [2.75, 3.05) is 6.61 Å². The Bertz CT molecular complexity index is 790. The van der Waals surface area contributed by atoms with Crippen molar-refractivity contribution < 1.29 is 9.53 Å². The molecule has 2 aliphatic rings. The second-order valence-corrected chi connectivity index (χ2v) is 12.9. The first-order valence-corrected chi connectivity index (χ1v) is 14.0. The van der Waals surface area contributed by atoms with E-state index in [1.165, 1.54) is 63.0 Å². The third-order valence-corrected chi connectivity index (χ3v) is 9.03. The van der Waals surface area contributed by atoms with Gasteiger partial charge in [0.15, 0.2) is 0 Å². The molecule has 2 heteroatoms. The number of fused-ring (bicyclic) bond motifs is 1. The van der Waals surface area contributed by atoms with E-state index in [0.29, 0.717) is 23.4 Å². The van der Waals surface area contributed by atoms with Crippen molar-refractivity contribution in [2.24, 2.45) is 22.7 Å². The summed E-state index contributed by atoms with van der Waals surface area (Å²) in [6, 6.07) is 0. The van der Waals surface area contributed by atoms with Crippen LogP contribution in [0.5, 0.6) is 0 Å². The summed E-state index contributed by atoms with van der Waals surface area (Å²) >= 11 is 0. The highest BCUT2D eigenvalue weighted by Gasteiger charge is 2.45. The van der Waals surface area contributed by atoms with Crippen LogP contribution in [0.2, 0.25) is 0 Å². The number of carbonyl (C=O) groups excluding carboxylic acids is 1. The maximum Gasteiger partial charge on any atom is 0.302 e. The number of rotatable bonds is 11. The number of ether oxygens (including phenoxy) is 1. The Morgan fingerprint density at radius 2 is 1.79 bits per heavy atom. The number of carbonyl (C=O) groups is 1. The molecule has 0 heterocycles. The Morgan fingerprint density at radius 3 is 2.44 bits per heavy atom. The van der Waals surface area contributed by atoms with Crippen LogP contribution in [0.25, 0.3) is 0 Å². The zero-order chi connectivity index (χ0) is 25.5. The van der Waals surface area contributed by atoms with E-state index in [1.807, 2.05) is 0 Å². The second-order valence-electron chi connectivity index (χ2n) is 12.9. The summed E-state index contributed by atoms with van der Waals surface area (Å²) in [4.78, 5) is 11.0. The summed E-state index contributed by atoms with van der Waals surface area (Å²) in [6.07, 6.45) is 16.2. The lowest BCUT2D eigenvalue weighted by Gasteiger charge is -2.52. The molecule has 34 heavy (non-hydrogen) atoms. The fraction of sp³-hybridized carbons (Fsp3) is 0.781. The highest BCUT2D eigenvalue weighted by molar-refractivity contribution is 5.65. The maximum absolute atomic E-state index is 11.0. The van der Waals surface area contributed by atoms with Gasteiger partial charge in [-0.3, -0.25) is 4.79 Å². The summed E-state index contributed by atoms with van der Waals surface area (Å²) < 4.78 is 5.12. The van der Waals surface area contributed by atoms with Gasteiger partial charge in [0.2, 0.25) is 0 Å². The third kappa shape index (κ3) is 8.42. The number of esters is 1. The van der Waals surface area contributed by atoms with Crippen molar-refractivity contribution >= 4 is 5.97 Å². The van der Waals surface area contributed by atoms with Gasteiger partial charge in [0, 0.05) is 6.92 Å². The van der Waals surface area contributed by atoms with Gasteiger partial charge >= 0.3 is 5.97 Å². The molecule has 1 saturated carbocycles. The lowest BCUT2D eigenvalue weighted by Crippen LogP contribution is -2.41. The van der Waals surface area contributed by atoms with E-state index in [1.54, 1.807) is 16.7 Å². The summed E-state index contributed by atoms with van der Waals surface area (Å²) in [5.74, 6) is 1.17. The molecule has 0 amide bonds. The number of hydrogen-bond donors (Lipinski definition) is 0. The monoisotopic (exact) mass is 470 g/mol. The van der Waals surface area contributed by atoms with Crippen LogP contribution in [0.1, 0.15) is 133 Å². The second kappa shape index (κ2) is 12.6. The van der Waals surface area contributed by atoms with Gasteiger partial charge in [-0.15, -0.1) is 0 Å². The lowest BCUT2D eigenvalue weighted by molar-refractivity contribution is -0.141. The van der Waals surface area contributed by atoms with Crippen LogP contribution in [-0.4, -0.2) is 12.6 Å². The van der Waals surface area contributed by atoms with E-state index in [9.17, 15) is 4.79 Å². The zero-order valence-electron chi connectivity index (χ0n) is 24.0. The van der Waals surface area contributed by atoms with Crippen molar-refractivity contribution in [3.8, 4) is 0 Å². The minimum absolute atomic E-state index is 0.174. The van der Waals surface area contributed by atoms with E-state index in [-0.39, 0.29) is 5.97 Å². The summed E-state index contributed by atoms with van der Waals surface area (Å²) in [5, 5.41) is 0.